The molecule has 0 fully saturated rings. The lowest BCUT2D eigenvalue weighted by Crippen LogP contribution is -2.35. The van der Waals surface area contributed by atoms with E-state index in [0.717, 1.165) is 17.1 Å². The van der Waals surface area contributed by atoms with Gasteiger partial charge in [0, 0.05) is 17.1 Å². The zero-order valence-electron chi connectivity index (χ0n) is 13.6. The Morgan fingerprint density at radius 2 is 2.08 bits per heavy atom. The van der Waals surface area contributed by atoms with Crippen molar-refractivity contribution < 1.29 is 32.2 Å². The van der Waals surface area contributed by atoms with Crippen LogP contribution in [0, 0.1) is 0 Å². The molecule has 0 aliphatic carbocycles. The molecule has 2 heterocycles. The minimum atomic E-state index is -4.48. The van der Waals surface area contributed by atoms with Crippen LogP contribution in [0.25, 0.3) is 0 Å². The van der Waals surface area contributed by atoms with Crippen LogP contribution in [-0.2, 0) is 16.1 Å². The lowest BCUT2D eigenvalue weighted by molar-refractivity contribution is -0.154. The molecular weight excluding hydrogens is 373 g/mol. The van der Waals surface area contributed by atoms with Crippen molar-refractivity contribution in [1.82, 2.24) is 10.3 Å². The van der Waals surface area contributed by atoms with Gasteiger partial charge in [-0.05, 0) is 24.4 Å². The van der Waals surface area contributed by atoms with Gasteiger partial charge in [-0.2, -0.15) is 13.2 Å². The summed E-state index contributed by atoms with van der Waals surface area (Å²) in [6.07, 6.45) is -4.50. The average molecular weight is 388 g/mol. The van der Waals surface area contributed by atoms with Crippen LogP contribution in [0.5, 0.6) is 5.88 Å². The van der Waals surface area contributed by atoms with Gasteiger partial charge in [0.15, 0.2) is 12.7 Å². The van der Waals surface area contributed by atoms with Crippen LogP contribution < -0.4 is 10.1 Å². The molecular formula is C16H15F3N2O4S. The molecule has 1 atom stereocenters. The molecule has 1 N–H and O–H groups in total. The molecule has 6 nitrogen and oxygen atoms in total. The van der Waals surface area contributed by atoms with E-state index in [2.05, 4.69) is 15.0 Å². The van der Waals surface area contributed by atoms with Gasteiger partial charge in [-0.15, -0.1) is 11.3 Å². The summed E-state index contributed by atoms with van der Waals surface area (Å²) in [5.41, 5.74) is -0.0118. The zero-order valence-corrected chi connectivity index (χ0v) is 14.4. The number of carbonyl (C=O) groups excluding carboxylic acids is 2. The highest BCUT2D eigenvalue weighted by Gasteiger charge is 2.28. The number of thiophene rings is 1. The normalized spacial score (nSPS) is 12.3. The van der Waals surface area contributed by atoms with Gasteiger partial charge < -0.3 is 14.8 Å². The van der Waals surface area contributed by atoms with E-state index in [9.17, 15) is 22.8 Å². The molecule has 10 heteroatoms. The minimum Gasteiger partial charge on any atom is -0.468 e. The van der Waals surface area contributed by atoms with Crippen molar-refractivity contribution in [3.8, 4) is 5.88 Å². The number of pyridine rings is 1. The van der Waals surface area contributed by atoms with Crippen LogP contribution in [0.2, 0.25) is 0 Å². The Morgan fingerprint density at radius 1 is 1.31 bits per heavy atom. The summed E-state index contributed by atoms with van der Waals surface area (Å²) in [6.45, 7) is 0.256. The van der Waals surface area contributed by atoms with Gasteiger partial charge >= 0.3 is 12.1 Å². The second kappa shape index (κ2) is 8.65. The number of esters is 1. The molecule has 26 heavy (non-hydrogen) atoms. The van der Waals surface area contributed by atoms with Gasteiger partial charge in [-0.25, -0.2) is 9.78 Å². The molecule has 0 unspecified atom stereocenters. The summed E-state index contributed by atoms with van der Waals surface area (Å²) in [6, 6.07) is 6.03. The monoisotopic (exact) mass is 388 g/mol. The summed E-state index contributed by atoms with van der Waals surface area (Å²) >= 11 is 1.48. The van der Waals surface area contributed by atoms with Gasteiger partial charge in [-0.3, -0.25) is 4.79 Å². The van der Waals surface area contributed by atoms with Crippen molar-refractivity contribution in [3.05, 3.63) is 46.3 Å². The molecule has 0 radical (unpaired) electrons. The Balaban J connectivity index is 1.83. The van der Waals surface area contributed by atoms with E-state index in [1.807, 2.05) is 17.5 Å². The lowest BCUT2D eigenvalue weighted by atomic mass is 10.3. The third kappa shape index (κ3) is 6.36. The summed E-state index contributed by atoms with van der Waals surface area (Å²) in [4.78, 5) is 28.4. The molecule has 140 valence electrons. The first-order valence-electron chi connectivity index (χ1n) is 7.41. The third-order valence-electron chi connectivity index (χ3n) is 3.03. The Morgan fingerprint density at radius 3 is 2.65 bits per heavy atom. The summed E-state index contributed by atoms with van der Waals surface area (Å²) < 4.78 is 45.6. The average Bonchev–Trinajstić information content (AvgIpc) is 3.11. The number of carbonyl (C=O) groups is 2. The van der Waals surface area contributed by atoms with E-state index >= 15 is 0 Å². The molecule has 0 aromatic carbocycles. The van der Waals surface area contributed by atoms with Gasteiger partial charge in [0.1, 0.15) is 0 Å². The van der Waals surface area contributed by atoms with Crippen LogP contribution in [0.15, 0.2) is 35.8 Å². The molecule has 1 amide bonds. The number of nitrogens with one attached hydrogen (secondary N) is 1. The van der Waals surface area contributed by atoms with E-state index in [-0.39, 0.29) is 11.4 Å². The van der Waals surface area contributed by atoms with Crippen molar-refractivity contribution in [3.63, 3.8) is 0 Å². The summed E-state index contributed by atoms with van der Waals surface area (Å²) in [7, 11) is 0. The highest BCUT2D eigenvalue weighted by Crippen LogP contribution is 2.17. The Bertz CT molecular complexity index is 733. The van der Waals surface area contributed by atoms with Crippen molar-refractivity contribution in [2.75, 3.05) is 6.61 Å². The maximum absolute atomic E-state index is 12.1. The van der Waals surface area contributed by atoms with E-state index in [0.29, 0.717) is 6.54 Å². The molecule has 0 aliphatic heterocycles. The molecule has 0 saturated heterocycles. The van der Waals surface area contributed by atoms with E-state index in [1.54, 1.807) is 0 Å². The van der Waals surface area contributed by atoms with Crippen LogP contribution in [0.3, 0.4) is 0 Å². The SMILES string of the molecule is C[C@@H](OC(=O)c1ccc(OCC(F)(F)F)nc1)C(=O)NCc1cccs1. The van der Waals surface area contributed by atoms with Crippen LogP contribution in [-0.4, -0.2) is 35.7 Å². The first-order valence-corrected chi connectivity index (χ1v) is 8.29. The van der Waals surface area contributed by atoms with Gasteiger partial charge in [0.2, 0.25) is 5.88 Å². The van der Waals surface area contributed by atoms with Gasteiger partial charge in [-0.1, -0.05) is 6.07 Å². The molecule has 0 saturated carbocycles. The molecule has 2 aromatic heterocycles. The van der Waals surface area contributed by atoms with Crippen LogP contribution in [0.1, 0.15) is 22.2 Å². The van der Waals surface area contributed by atoms with Crippen molar-refractivity contribution in [1.29, 1.82) is 0 Å². The highest BCUT2D eigenvalue weighted by atomic mass is 32.1. The number of alkyl halides is 3. The van der Waals surface area contributed by atoms with Crippen LogP contribution in [0.4, 0.5) is 13.2 Å². The number of amides is 1. The maximum atomic E-state index is 12.1. The number of ether oxygens (including phenoxy) is 2. The number of rotatable bonds is 7. The van der Waals surface area contributed by atoms with Crippen LogP contribution >= 0.6 is 11.3 Å². The number of aromatic nitrogens is 1. The minimum absolute atomic E-state index is 0.0118. The number of hydrogen-bond acceptors (Lipinski definition) is 6. The fourth-order valence-corrected chi connectivity index (χ4v) is 2.40. The zero-order chi connectivity index (χ0) is 19.2. The molecule has 2 aromatic rings. The second-order valence-electron chi connectivity index (χ2n) is 5.13. The summed E-state index contributed by atoms with van der Waals surface area (Å²) in [5, 5.41) is 4.51. The molecule has 2 rings (SSSR count). The lowest BCUT2D eigenvalue weighted by Gasteiger charge is -2.13. The Kier molecular flexibility index (Phi) is 6.56. The van der Waals surface area contributed by atoms with Gasteiger partial charge in [0.05, 0.1) is 12.1 Å². The largest absolute Gasteiger partial charge is 0.468 e. The highest BCUT2D eigenvalue weighted by molar-refractivity contribution is 7.09. The smallest absolute Gasteiger partial charge is 0.422 e. The fourth-order valence-electron chi connectivity index (χ4n) is 1.76. The van der Waals surface area contributed by atoms with Crippen molar-refractivity contribution >= 4 is 23.2 Å². The number of nitrogens with zero attached hydrogens (tertiary/aromatic N) is 1. The predicted octanol–water partition coefficient (Wildman–Crippen LogP) is 2.95. The van der Waals surface area contributed by atoms with E-state index < -0.39 is 30.8 Å². The molecule has 0 aliphatic rings. The third-order valence-corrected chi connectivity index (χ3v) is 3.90. The van der Waals surface area contributed by atoms with Crippen molar-refractivity contribution in [2.45, 2.75) is 25.7 Å². The van der Waals surface area contributed by atoms with E-state index in [1.165, 1.54) is 24.3 Å². The van der Waals surface area contributed by atoms with E-state index in [4.69, 9.17) is 4.74 Å². The Hall–Kier alpha value is -2.62. The Labute approximate surface area is 150 Å². The van der Waals surface area contributed by atoms with Gasteiger partial charge in [0.25, 0.3) is 5.91 Å². The summed E-state index contributed by atoms with van der Waals surface area (Å²) in [5.74, 6) is -1.57. The standard InChI is InChI=1S/C16H15F3N2O4S/c1-10(14(22)21-8-12-3-2-6-26-12)25-15(23)11-4-5-13(20-7-11)24-9-16(17,18)19/h2-7,10H,8-9H2,1H3,(H,21,22)/t10-/m1/s1. The quantitative estimate of drug-likeness (QED) is 0.738. The number of halogens is 3. The molecule has 0 spiro atoms. The first-order chi connectivity index (χ1) is 12.2. The maximum Gasteiger partial charge on any atom is 0.422 e. The predicted molar refractivity (Wildman–Crippen MR) is 86.8 cm³/mol. The first kappa shape index (κ1) is 19.7. The fraction of sp³-hybridized carbons (Fsp3) is 0.312. The second-order valence-corrected chi connectivity index (χ2v) is 6.17. The molecule has 0 bridgehead atoms. The number of hydrogen-bond donors (Lipinski definition) is 1. The van der Waals surface area contributed by atoms with Crippen molar-refractivity contribution in [2.24, 2.45) is 0 Å². The topological polar surface area (TPSA) is 77.5 Å².